The number of carboxylic acid groups (broad SMARTS) is 1. The third kappa shape index (κ3) is 6.90. The number of hydrogen-bond donors (Lipinski definition) is 2. The molecule has 0 aliphatic carbocycles. The number of amides is 1. The van der Waals surface area contributed by atoms with Crippen LogP contribution >= 0.6 is 0 Å². The fourth-order valence-corrected chi connectivity index (χ4v) is 2.07. The Labute approximate surface area is 125 Å². The average Bonchev–Trinajstić information content (AvgIpc) is 2.34. The third-order valence-electron chi connectivity index (χ3n) is 2.95. The number of carbonyl (C=O) groups excluding carboxylic acids is 1. The molecule has 0 radical (unpaired) electrons. The monoisotopic (exact) mass is 293 g/mol. The molecule has 0 spiro atoms. The highest BCUT2D eigenvalue weighted by Gasteiger charge is 2.25. The first-order valence-corrected chi connectivity index (χ1v) is 7.01. The van der Waals surface area contributed by atoms with Gasteiger partial charge in [0, 0.05) is 18.7 Å². The van der Waals surface area contributed by atoms with Crippen LogP contribution in [0.4, 0.5) is 5.69 Å². The molecule has 0 heterocycles. The maximum absolute atomic E-state index is 12.0. The van der Waals surface area contributed by atoms with Crippen molar-refractivity contribution in [2.45, 2.75) is 40.2 Å². The van der Waals surface area contributed by atoms with Gasteiger partial charge >= 0.3 is 5.97 Å². The van der Waals surface area contributed by atoms with E-state index in [1.807, 2.05) is 25.1 Å². The molecular formula is C16H23NO4. The summed E-state index contributed by atoms with van der Waals surface area (Å²) in [7, 11) is 0. The molecule has 0 bridgehead atoms. The van der Waals surface area contributed by atoms with Gasteiger partial charge in [-0.25, -0.2) is 0 Å². The number of carbonyl (C=O) groups is 2. The Kier molecular flexibility index (Phi) is 6.37. The van der Waals surface area contributed by atoms with E-state index < -0.39 is 11.4 Å². The first kappa shape index (κ1) is 17.2. The van der Waals surface area contributed by atoms with E-state index in [4.69, 9.17) is 9.84 Å². The Balaban J connectivity index is 2.60. The number of benzene rings is 1. The smallest absolute Gasteiger partial charge is 0.303 e. The number of rotatable bonds is 8. The van der Waals surface area contributed by atoms with Gasteiger partial charge in [0.1, 0.15) is 0 Å². The first-order chi connectivity index (χ1) is 9.82. The number of ether oxygens (including phenoxy) is 1. The van der Waals surface area contributed by atoms with Crippen molar-refractivity contribution in [2.75, 3.05) is 11.9 Å². The van der Waals surface area contributed by atoms with Gasteiger partial charge in [0.25, 0.3) is 0 Å². The van der Waals surface area contributed by atoms with Gasteiger partial charge in [-0.2, -0.15) is 0 Å². The Bertz CT molecular complexity index is 497. The van der Waals surface area contributed by atoms with E-state index in [2.05, 4.69) is 5.32 Å². The summed E-state index contributed by atoms with van der Waals surface area (Å²) in [5.74, 6) is -1.08. The fourth-order valence-electron chi connectivity index (χ4n) is 2.07. The van der Waals surface area contributed by atoms with Crippen LogP contribution in [0.25, 0.3) is 0 Å². The van der Waals surface area contributed by atoms with Crippen molar-refractivity contribution >= 4 is 17.6 Å². The molecule has 1 rings (SSSR count). The predicted octanol–water partition coefficient (Wildman–Crippen LogP) is 3.05. The molecule has 21 heavy (non-hydrogen) atoms. The molecule has 0 aromatic heterocycles. The maximum Gasteiger partial charge on any atom is 0.303 e. The van der Waals surface area contributed by atoms with Crippen LogP contribution in [0.3, 0.4) is 0 Å². The molecule has 0 saturated heterocycles. The molecule has 1 aromatic carbocycles. The van der Waals surface area contributed by atoms with Crippen molar-refractivity contribution in [3.63, 3.8) is 0 Å². The number of nitrogens with one attached hydrogen (secondary N) is 1. The molecule has 0 fully saturated rings. The minimum atomic E-state index is -0.897. The van der Waals surface area contributed by atoms with Crippen LogP contribution in [0.1, 0.15) is 39.2 Å². The number of anilines is 1. The predicted molar refractivity (Wildman–Crippen MR) is 81.1 cm³/mol. The fraction of sp³-hybridized carbons (Fsp3) is 0.500. The molecular weight excluding hydrogens is 270 g/mol. The molecule has 5 nitrogen and oxygen atoms in total. The minimum Gasteiger partial charge on any atom is -0.481 e. The van der Waals surface area contributed by atoms with Crippen molar-refractivity contribution in [2.24, 2.45) is 5.41 Å². The lowest BCUT2D eigenvalue weighted by atomic mass is 9.85. The highest BCUT2D eigenvalue weighted by molar-refractivity contribution is 5.91. The van der Waals surface area contributed by atoms with Gasteiger partial charge in [0.15, 0.2) is 0 Å². The number of hydrogen-bond acceptors (Lipinski definition) is 3. The lowest BCUT2D eigenvalue weighted by Gasteiger charge is -2.21. The molecule has 0 aliphatic rings. The zero-order valence-corrected chi connectivity index (χ0v) is 12.8. The summed E-state index contributed by atoms with van der Waals surface area (Å²) in [5.41, 5.74) is 1.11. The van der Waals surface area contributed by atoms with Gasteiger partial charge in [0.05, 0.1) is 13.0 Å². The number of aliphatic carboxylic acids is 1. The molecule has 0 aliphatic heterocycles. The van der Waals surface area contributed by atoms with E-state index in [0.29, 0.717) is 18.9 Å². The van der Waals surface area contributed by atoms with Gasteiger partial charge in [-0.05, 0) is 30.0 Å². The Morgan fingerprint density at radius 2 is 2.00 bits per heavy atom. The summed E-state index contributed by atoms with van der Waals surface area (Å²) in [6.45, 7) is 6.61. The van der Waals surface area contributed by atoms with Gasteiger partial charge < -0.3 is 15.2 Å². The maximum atomic E-state index is 12.0. The summed E-state index contributed by atoms with van der Waals surface area (Å²) in [6, 6.07) is 7.45. The van der Waals surface area contributed by atoms with Crippen molar-refractivity contribution in [1.82, 2.24) is 0 Å². The second-order valence-electron chi connectivity index (χ2n) is 5.80. The standard InChI is InChI=1S/C16H23NO4/c1-4-21-11-12-6-5-7-13(8-12)17-14(18)9-16(2,3)10-15(19)20/h5-8H,4,9-11H2,1-3H3,(H,17,18)(H,19,20). The molecule has 116 valence electrons. The molecule has 0 unspecified atom stereocenters. The molecule has 0 atom stereocenters. The van der Waals surface area contributed by atoms with E-state index in [1.165, 1.54) is 0 Å². The van der Waals surface area contributed by atoms with Crippen LogP contribution in [-0.2, 0) is 20.9 Å². The number of carboxylic acids is 1. The first-order valence-electron chi connectivity index (χ1n) is 7.01. The van der Waals surface area contributed by atoms with Gasteiger partial charge in [0.2, 0.25) is 5.91 Å². The van der Waals surface area contributed by atoms with Crippen LogP contribution in [0.15, 0.2) is 24.3 Å². The second-order valence-corrected chi connectivity index (χ2v) is 5.80. The molecule has 1 amide bonds. The van der Waals surface area contributed by atoms with Gasteiger partial charge in [-0.1, -0.05) is 26.0 Å². The molecule has 0 saturated carbocycles. The highest BCUT2D eigenvalue weighted by atomic mass is 16.5. The lowest BCUT2D eigenvalue weighted by molar-refractivity contribution is -0.139. The largest absolute Gasteiger partial charge is 0.481 e. The van der Waals surface area contributed by atoms with Crippen LogP contribution in [-0.4, -0.2) is 23.6 Å². The summed E-state index contributed by atoms with van der Waals surface area (Å²) in [6.07, 6.45) is 0.125. The zero-order valence-electron chi connectivity index (χ0n) is 12.8. The Hall–Kier alpha value is -1.88. The normalized spacial score (nSPS) is 11.2. The highest BCUT2D eigenvalue weighted by Crippen LogP contribution is 2.25. The van der Waals surface area contributed by atoms with E-state index in [0.717, 1.165) is 5.56 Å². The minimum absolute atomic E-state index is 0.0369. The van der Waals surface area contributed by atoms with Crippen LogP contribution in [0.5, 0.6) is 0 Å². The quantitative estimate of drug-likeness (QED) is 0.772. The average molecular weight is 293 g/mol. The van der Waals surface area contributed by atoms with Crippen LogP contribution in [0, 0.1) is 5.41 Å². The topological polar surface area (TPSA) is 75.6 Å². The summed E-state index contributed by atoms with van der Waals surface area (Å²) in [4.78, 5) is 22.8. The summed E-state index contributed by atoms with van der Waals surface area (Å²) < 4.78 is 5.33. The lowest BCUT2D eigenvalue weighted by Crippen LogP contribution is -2.24. The van der Waals surface area contributed by atoms with Crippen molar-refractivity contribution in [3.8, 4) is 0 Å². The molecule has 2 N–H and O–H groups in total. The van der Waals surface area contributed by atoms with Gasteiger partial charge in [-0.15, -0.1) is 0 Å². The van der Waals surface area contributed by atoms with E-state index in [9.17, 15) is 9.59 Å². The summed E-state index contributed by atoms with van der Waals surface area (Å²) >= 11 is 0. The van der Waals surface area contributed by atoms with E-state index in [1.54, 1.807) is 19.9 Å². The Morgan fingerprint density at radius 1 is 1.29 bits per heavy atom. The summed E-state index contributed by atoms with van der Waals surface area (Å²) in [5, 5.41) is 11.6. The van der Waals surface area contributed by atoms with Crippen LogP contribution in [0.2, 0.25) is 0 Å². The van der Waals surface area contributed by atoms with Gasteiger partial charge in [-0.3, -0.25) is 9.59 Å². The third-order valence-corrected chi connectivity index (χ3v) is 2.95. The Morgan fingerprint density at radius 3 is 2.62 bits per heavy atom. The van der Waals surface area contributed by atoms with E-state index >= 15 is 0 Å². The van der Waals surface area contributed by atoms with Crippen molar-refractivity contribution in [3.05, 3.63) is 29.8 Å². The van der Waals surface area contributed by atoms with E-state index in [-0.39, 0.29) is 18.7 Å². The second kappa shape index (κ2) is 7.78. The van der Waals surface area contributed by atoms with Crippen LogP contribution < -0.4 is 5.32 Å². The molecule has 5 heteroatoms. The SMILES string of the molecule is CCOCc1cccc(NC(=O)CC(C)(C)CC(=O)O)c1. The zero-order chi connectivity index (χ0) is 15.9. The van der Waals surface area contributed by atoms with Crippen molar-refractivity contribution < 1.29 is 19.4 Å². The van der Waals surface area contributed by atoms with Crippen molar-refractivity contribution in [1.29, 1.82) is 0 Å². The molecule has 1 aromatic rings.